The molecule has 1 aliphatic heterocycles. The maximum Gasteiger partial charge on any atom is 0.318 e. The Bertz CT molecular complexity index is 693. The molecule has 1 saturated heterocycles. The van der Waals surface area contributed by atoms with E-state index in [1.165, 1.54) is 0 Å². The van der Waals surface area contributed by atoms with Crippen molar-refractivity contribution in [1.82, 2.24) is 15.1 Å². The standard InChI is InChI=1S/C17H22N4O3/c1-3-15-18-19-17(24-15)21-9-7-20(8-10-21)16(22)12-13-5-4-6-14(11-13)23-2/h4-6,11H,3,7-10,12H2,1-2H3. The normalized spacial score (nSPS) is 14.8. The van der Waals surface area contributed by atoms with Gasteiger partial charge in [-0.2, -0.15) is 0 Å². The van der Waals surface area contributed by atoms with Crippen molar-refractivity contribution in [3.8, 4) is 5.75 Å². The third-order valence-electron chi connectivity index (χ3n) is 4.15. The highest BCUT2D eigenvalue weighted by atomic mass is 16.5. The third-order valence-corrected chi connectivity index (χ3v) is 4.15. The van der Waals surface area contributed by atoms with Gasteiger partial charge < -0.3 is 19.0 Å². The molecule has 1 aromatic carbocycles. The number of methoxy groups -OCH3 is 1. The summed E-state index contributed by atoms with van der Waals surface area (Å²) in [7, 11) is 1.63. The molecule has 3 rings (SSSR count). The summed E-state index contributed by atoms with van der Waals surface area (Å²) in [6.07, 6.45) is 1.11. The van der Waals surface area contributed by atoms with Crippen LogP contribution in [0.15, 0.2) is 28.7 Å². The highest BCUT2D eigenvalue weighted by Crippen LogP contribution is 2.17. The molecule has 0 atom stereocenters. The number of nitrogens with zero attached hydrogens (tertiary/aromatic N) is 4. The quantitative estimate of drug-likeness (QED) is 0.828. The fourth-order valence-electron chi connectivity index (χ4n) is 2.73. The van der Waals surface area contributed by atoms with Gasteiger partial charge in [0, 0.05) is 32.6 Å². The monoisotopic (exact) mass is 330 g/mol. The van der Waals surface area contributed by atoms with Gasteiger partial charge in [-0.05, 0) is 17.7 Å². The second kappa shape index (κ2) is 7.33. The van der Waals surface area contributed by atoms with Crippen LogP contribution in [0.2, 0.25) is 0 Å². The number of hydrogen-bond donors (Lipinski definition) is 0. The van der Waals surface area contributed by atoms with Crippen molar-refractivity contribution in [2.24, 2.45) is 0 Å². The predicted molar refractivity (Wildman–Crippen MR) is 89.2 cm³/mol. The highest BCUT2D eigenvalue weighted by molar-refractivity contribution is 5.79. The van der Waals surface area contributed by atoms with Gasteiger partial charge in [-0.3, -0.25) is 4.79 Å². The molecule has 7 nitrogen and oxygen atoms in total. The van der Waals surface area contributed by atoms with E-state index in [9.17, 15) is 4.79 Å². The Kier molecular flexibility index (Phi) is 4.98. The minimum atomic E-state index is 0.127. The maximum atomic E-state index is 12.5. The lowest BCUT2D eigenvalue weighted by Gasteiger charge is -2.33. The number of hydrogen-bond acceptors (Lipinski definition) is 6. The summed E-state index contributed by atoms with van der Waals surface area (Å²) in [6, 6.07) is 8.18. The number of piperazine rings is 1. The second-order valence-corrected chi connectivity index (χ2v) is 5.73. The minimum Gasteiger partial charge on any atom is -0.497 e. The molecule has 0 unspecified atom stereocenters. The zero-order chi connectivity index (χ0) is 16.9. The van der Waals surface area contributed by atoms with Gasteiger partial charge in [-0.15, -0.1) is 5.10 Å². The maximum absolute atomic E-state index is 12.5. The third kappa shape index (κ3) is 3.67. The fraction of sp³-hybridized carbons (Fsp3) is 0.471. The molecule has 1 aromatic heterocycles. The minimum absolute atomic E-state index is 0.127. The van der Waals surface area contributed by atoms with Crippen molar-refractivity contribution < 1.29 is 13.9 Å². The molecule has 0 spiro atoms. The molecular weight excluding hydrogens is 308 g/mol. The number of benzene rings is 1. The molecule has 128 valence electrons. The molecule has 0 aliphatic carbocycles. The van der Waals surface area contributed by atoms with Crippen LogP contribution in [0.5, 0.6) is 5.75 Å². The van der Waals surface area contributed by atoms with Gasteiger partial charge in [0.15, 0.2) is 0 Å². The van der Waals surface area contributed by atoms with E-state index in [0.29, 0.717) is 44.5 Å². The largest absolute Gasteiger partial charge is 0.497 e. The zero-order valence-electron chi connectivity index (χ0n) is 14.1. The average Bonchev–Trinajstić information content (AvgIpc) is 3.11. The molecule has 0 bridgehead atoms. The first-order valence-corrected chi connectivity index (χ1v) is 8.17. The average molecular weight is 330 g/mol. The SMILES string of the molecule is CCc1nnc(N2CCN(C(=O)Cc3cccc(OC)c3)CC2)o1. The van der Waals surface area contributed by atoms with Gasteiger partial charge in [-0.1, -0.05) is 24.2 Å². The van der Waals surface area contributed by atoms with E-state index in [1.807, 2.05) is 41.0 Å². The topological polar surface area (TPSA) is 71.7 Å². The van der Waals surface area contributed by atoms with Gasteiger partial charge in [-0.25, -0.2) is 0 Å². The molecule has 1 amide bonds. The molecule has 2 aromatic rings. The van der Waals surface area contributed by atoms with E-state index in [4.69, 9.17) is 9.15 Å². The van der Waals surface area contributed by atoms with Gasteiger partial charge in [0.2, 0.25) is 11.8 Å². The van der Waals surface area contributed by atoms with E-state index in [0.717, 1.165) is 17.7 Å². The van der Waals surface area contributed by atoms with Crippen LogP contribution in [-0.4, -0.2) is 54.3 Å². The van der Waals surface area contributed by atoms with Crippen LogP contribution >= 0.6 is 0 Å². The van der Waals surface area contributed by atoms with Crippen LogP contribution < -0.4 is 9.64 Å². The van der Waals surface area contributed by atoms with Crippen molar-refractivity contribution in [2.75, 3.05) is 38.2 Å². The van der Waals surface area contributed by atoms with Crippen LogP contribution in [-0.2, 0) is 17.6 Å². The number of carbonyl (C=O) groups excluding carboxylic acids is 1. The summed E-state index contributed by atoms with van der Waals surface area (Å²) in [4.78, 5) is 16.4. The van der Waals surface area contributed by atoms with E-state index in [1.54, 1.807) is 7.11 Å². The number of carbonyl (C=O) groups is 1. The van der Waals surface area contributed by atoms with E-state index in [-0.39, 0.29) is 5.91 Å². The lowest BCUT2D eigenvalue weighted by molar-refractivity contribution is -0.130. The lowest BCUT2D eigenvalue weighted by atomic mass is 10.1. The second-order valence-electron chi connectivity index (χ2n) is 5.73. The van der Waals surface area contributed by atoms with Crippen molar-refractivity contribution in [3.63, 3.8) is 0 Å². The molecular formula is C17H22N4O3. The predicted octanol–water partition coefficient (Wildman–Crippen LogP) is 1.53. The number of anilines is 1. The Labute approximate surface area is 141 Å². The van der Waals surface area contributed by atoms with Crippen LogP contribution in [0.3, 0.4) is 0 Å². The summed E-state index contributed by atoms with van der Waals surface area (Å²) < 4.78 is 10.8. The molecule has 24 heavy (non-hydrogen) atoms. The van der Waals surface area contributed by atoms with Gasteiger partial charge in [0.05, 0.1) is 13.5 Å². The number of rotatable bonds is 5. The van der Waals surface area contributed by atoms with Crippen molar-refractivity contribution in [2.45, 2.75) is 19.8 Å². The summed E-state index contributed by atoms with van der Waals surface area (Å²) in [5, 5.41) is 8.04. The molecule has 0 saturated carbocycles. The van der Waals surface area contributed by atoms with Gasteiger partial charge in [0.25, 0.3) is 0 Å². The first-order chi connectivity index (χ1) is 11.7. The first-order valence-electron chi connectivity index (χ1n) is 8.17. The van der Waals surface area contributed by atoms with Crippen LogP contribution in [0.4, 0.5) is 6.01 Å². The Balaban J connectivity index is 1.54. The Morgan fingerprint density at radius 3 is 2.71 bits per heavy atom. The summed E-state index contributed by atoms with van der Waals surface area (Å²) in [5.74, 6) is 1.54. The first kappa shape index (κ1) is 16.3. The van der Waals surface area contributed by atoms with Gasteiger partial charge in [0.1, 0.15) is 5.75 Å². The summed E-state index contributed by atoms with van der Waals surface area (Å²) in [6.45, 7) is 4.70. The Hall–Kier alpha value is -2.57. The zero-order valence-corrected chi connectivity index (χ0v) is 14.1. The van der Waals surface area contributed by atoms with Crippen molar-refractivity contribution >= 4 is 11.9 Å². The van der Waals surface area contributed by atoms with E-state index in [2.05, 4.69) is 10.2 Å². The van der Waals surface area contributed by atoms with Crippen LogP contribution in [0.25, 0.3) is 0 Å². The summed E-state index contributed by atoms with van der Waals surface area (Å²) >= 11 is 0. The lowest BCUT2D eigenvalue weighted by Crippen LogP contribution is -2.49. The van der Waals surface area contributed by atoms with E-state index < -0.39 is 0 Å². The number of aryl methyl sites for hydroxylation is 1. The van der Waals surface area contributed by atoms with Crippen molar-refractivity contribution in [3.05, 3.63) is 35.7 Å². The number of aromatic nitrogens is 2. The van der Waals surface area contributed by atoms with Crippen molar-refractivity contribution in [1.29, 1.82) is 0 Å². The van der Waals surface area contributed by atoms with Crippen LogP contribution in [0.1, 0.15) is 18.4 Å². The number of ether oxygens (including phenoxy) is 1. The molecule has 0 N–H and O–H groups in total. The molecule has 0 radical (unpaired) electrons. The van der Waals surface area contributed by atoms with Crippen LogP contribution in [0, 0.1) is 0 Å². The molecule has 7 heteroatoms. The Morgan fingerprint density at radius 2 is 2.04 bits per heavy atom. The smallest absolute Gasteiger partial charge is 0.318 e. The highest BCUT2D eigenvalue weighted by Gasteiger charge is 2.24. The van der Waals surface area contributed by atoms with E-state index >= 15 is 0 Å². The molecule has 1 fully saturated rings. The summed E-state index contributed by atoms with van der Waals surface area (Å²) in [5.41, 5.74) is 0.964. The molecule has 2 heterocycles. The Morgan fingerprint density at radius 1 is 1.25 bits per heavy atom. The molecule has 1 aliphatic rings. The number of amides is 1. The fourth-order valence-corrected chi connectivity index (χ4v) is 2.73. The van der Waals surface area contributed by atoms with Gasteiger partial charge >= 0.3 is 6.01 Å².